The molecule has 0 spiro atoms. The average molecular weight is 416 g/mol. The molecule has 3 rings (SSSR count). The molecule has 164 valence electrons. The Balaban J connectivity index is 1.44. The summed E-state index contributed by atoms with van der Waals surface area (Å²) < 4.78 is 0. The van der Waals surface area contributed by atoms with Crippen LogP contribution in [0.4, 0.5) is 4.79 Å². The number of hydrogen-bond acceptors (Lipinski definition) is 5. The molecule has 1 aromatic carbocycles. The Hall–Kier alpha value is -2.45. The van der Waals surface area contributed by atoms with Gasteiger partial charge in [0, 0.05) is 32.7 Å². The first kappa shape index (κ1) is 22.2. The van der Waals surface area contributed by atoms with Crippen molar-refractivity contribution in [2.75, 3.05) is 32.7 Å². The molecule has 2 saturated heterocycles. The van der Waals surface area contributed by atoms with E-state index < -0.39 is 17.5 Å². The zero-order chi connectivity index (χ0) is 21.9. The van der Waals surface area contributed by atoms with Gasteiger partial charge in [-0.1, -0.05) is 45.0 Å². The van der Waals surface area contributed by atoms with Crippen molar-refractivity contribution >= 4 is 17.8 Å². The van der Waals surface area contributed by atoms with Gasteiger partial charge in [0.25, 0.3) is 11.8 Å². The molecule has 2 aliphatic heterocycles. The van der Waals surface area contributed by atoms with E-state index in [9.17, 15) is 14.4 Å². The molecule has 4 amide bonds. The van der Waals surface area contributed by atoms with Crippen molar-refractivity contribution in [2.45, 2.75) is 52.1 Å². The number of hydrogen-bond donors (Lipinski definition) is 2. The Kier molecular flexibility index (Phi) is 6.77. The molecule has 8 nitrogen and oxygen atoms in total. The van der Waals surface area contributed by atoms with Crippen molar-refractivity contribution < 1.29 is 14.4 Å². The van der Waals surface area contributed by atoms with Crippen LogP contribution < -0.4 is 10.7 Å². The van der Waals surface area contributed by atoms with Crippen molar-refractivity contribution in [3.05, 3.63) is 35.4 Å². The second kappa shape index (κ2) is 9.14. The lowest BCUT2D eigenvalue weighted by atomic mass is 10.00. The summed E-state index contributed by atoms with van der Waals surface area (Å²) in [6, 6.07) is 8.19. The molecule has 2 fully saturated rings. The molecule has 2 N–H and O–H groups in total. The number of urea groups is 1. The fraction of sp³-hybridized carbons (Fsp3) is 0.591. The van der Waals surface area contributed by atoms with Crippen LogP contribution in [0.5, 0.6) is 0 Å². The first-order chi connectivity index (χ1) is 14.2. The Morgan fingerprint density at radius 2 is 1.70 bits per heavy atom. The van der Waals surface area contributed by atoms with Crippen LogP contribution in [0.25, 0.3) is 0 Å². The summed E-state index contributed by atoms with van der Waals surface area (Å²) in [6.07, 6.45) is 0.464. The van der Waals surface area contributed by atoms with Gasteiger partial charge in [-0.25, -0.2) is 4.79 Å². The van der Waals surface area contributed by atoms with Gasteiger partial charge in [0.05, 0.1) is 6.54 Å². The van der Waals surface area contributed by atoms with Gasteiger partial charge >= 0.3 is 6.03 Å². The second-order valence-electron chi connectivity index (χ2n) is 8.74. The number of piperazine rings is 1. The van der Waals surface area contributed by atoms with E-state index >= 15 is 0 Å². The molecule has 1 aromatic rings. The molecule has 2 aliphatic rings. The van der Waals surface area contributed by atoms with E-state index in [1.165, 1.54) is 11.1 Å². The molecule has 1 unspecified atom stereocenters. The first-order valence-electron chi connectivity index (χ1n) is 10.7. The van der Waals surface area contributed by atoms with E-state index in [1.54, 1.807) is 6.92 Å². The number of nitrogens with one attached hydrogen (secondary N) is 2. The van der Waals surface area contributed by atoms with Crippen LogP contribution in [0.3, 0.4) is 0 Å². The number of benzene rings is 1. The third-order valence-corrected chi connectivity index (χ3v) is 6.09. The number of imide groups is 1. The minimum Gasteiger partial charge on any atom is -0.322 e. The molecule has 8 heteroatoms. The lowest BCUT2D eigenvalue weighted by Gasteiger charge is -2.34. The molecular formula is C22H33N5O3. The van der Waals surface area contributed by atoms with Crippen molar-refractivity contribution in [3.8, 4) is 0 Å². The zero-order valence-electron chi connectivity index (χ0n) is 18.4. The van der Waals surface area contributed by atoms with Crippen LogP contribution in [-0.2, 0) is 16.1 Å². The topological polar surface area (TPSA) is 85.0 Å². The standard InChI is InChI=1S/C22H33N5O3/c1-5-22(4)20(29)27(21(30)23-22)24-19(28)15-26-12-10-25(11-13-26)14-17-6-8-18(9-7-17)16(2)3/h6-9,16H,5,10-15H2,1-4H3,(H,23,30)(H,24,28). The monoisotopic (exact) mass is 415 g/mol. The van der Waals surface area contributed by atoms with Crippen molar-refractivity contribution in [3.63, 3.8) is 0 Å². The quantitative estimate of drug-likeness (QED) is 0.662. The first-order valence-corrected chi connectivity index (χ1v) is 10.7. The number of carbonyl (C=O) groups excluding carboxylic acids is 3. The third-order valence-electron chi connectivity index (χ3n) is 6.09. The van der Waals surface area contributed by atoms with E-state index in [2.05, 4.69) is 53.8 Å². The van der Waals surface area contributed by atoms with E-state index in [1.807, 2.05) is 11.8 Å². The third kappa shape index (κ3) is 4.99. The lowest BCUT2D eigenvalue weighted by Crippen LogP contribution is -2.53. The maximum Gasteiger partial charge on any atom is 0.344 e. The van der Waals surface area contributed by atoms with Crippen LogP contribution in [0.2, 0.25) is 0 Å². The maximum absolute atomic E-state index is 12.4. The van der Waals surface area contributed by atoms with Crippen LogP contribution in [-0.4, -0.2) is 70.9 Å². The van der Waals surface area contributed by atoms with Gasteiger partial charge in [0.2, 0.25) is 0 Å². The normalized spacial score (nSPS) is 23.2. The maximum atomic E-state index is 12.4. The molecule has 0 aromatic heterocycles. The second-order valence-corrected chi connectivity index (χ2v) is 8.74. The zero-order valence-corrected chi connectivity index (χ0v) is 18.4. The number of nitrogens with zero attached hydrogens (tertiary/aromatic N) is 3. The highest BCUT2D eigenvalue weighted by Crippen LogP contribution is 2.19. The van der Waals surface area contributed by atoms with Gasteiger partial charge in [-0.15, -0.1) is 0 Å². The largest absolute Gasteiger partial charge is 0.344 e. The number of carbonyl (C=O) groups is 3. The molecule has 0 bridgehead atoms. The van der Waals surface area contributed by atoms with Crippen LogP contribution in [0.15, 0.2) is 24.3 Å². The molecule has 30 heavy (non-hydrogen) atoms. The fourth-order valence-electron chi connectivity index (χ4n) is 3.76. The van der Waals surface area contributed by atoms with Gasteiger partial charge in [-0.3, -0.25) is 24.8 Å². The van der Waals surface area contributed by atoms with E-state index in [-0.39, 0.29) is 12.5 Å². The summed E-state index contributed by atoms with van der Waals surface area (Å²) in [5.41, 5.74) is 4.14. The lowest BCUT2D eigenvalue weighted by molar-refractivity contribution is -0.139. The van der Waals surface area contributed by atoms with Crippen molar-refractivity contribution in [2.24, 2.45) is 0 Å². The fourth-order valence-corrected chi connectivity index (χ4v) is 3.76. The Bertz CT molecular complexity index is 786. The van der Waals surface area contributed by atoms with Gasteiger partial charge in [-0.05, 0) is 30.4 Å². The summed E-state index contributed by atoms with van der Waals surface area (Å²) in [7, 11) is 0. The van der Waals surface area contributed by atoms with E-state index in [0.29, 0.717) is 12.3 Å². The van der Waals surface area contributed by atoms with Crippen molar-refractivity contribution in [1.82, 2.24) is 25.6 Å². The SMILES string of the molecule is CCC1(C)NC(=O)N(NC(=O)CN2CCN(Cc3ccc(C(C)C)cc3)CC2)C1=O. The van der Waals surface area contributed by atoms with Crippen LogP contribution in [0, 0.1) is 0 Å². The minimum atomic E-state index is -0.955. The van der Waals surface area contributed by atoms with Crippen molar-refractivity contribution in [1.29, 1.82) is 0 Å². The smallest absolute Gasteiger partial charge is 0.322 e. The van der Waals surface area contributed by atoms with Gasteiger partial charge in [0.15, 0.2) is 0 Å². The summed E-state index contributed by atoms with van der Waals surface area (Å²) >= 11 is 0. The Labute approximate surface area is 178 Å². The Morgan fingerprint density at radius 3 is 2.23 bits per heavy atom. The minimum absolute atomic E-state index is 0.164. The molecular weight excluding hydrogens is 382 g/mol. The van der Waals surface area contributed by atoms with Crippen LogP contribution >= 0.6 is 0 Å². The highest BCUT2D eigenvalue weighted by Gasteiger charge is 2.47. The summed E-state index contributed by atoms with van der Waals surface area (Å²) in [4.78, 5) is 41.2. The number of amides is 4. The van der Waals surface area contributed by atoms with Gasteiger partial charge in [-0.2, -0.15) is 5.01 Å². The molecule has 0 aliphatic carbocycles. The van der Waals surface area contributed by atoms with E-state index in [4.69, 9.17) is 0 Å². The number of hydrazine groups is 1. The van der Waals surface area contributed by atoms with Gasteiger partial charge in [0.1, 0.15) is 5.54 Å². The summed E-state index contributed by atoms with van der Waals surface area (Å²) in [6.45, 7) is 12.2. The van der Waals surface area contributed by atoms with Gasteiger partial charge < -0.3 is 5.32 Å². The molecule has 1 atom stereocenters. The number of rotatable bonds is 7. The molecule has 0 radical (unpaired) electrons. The van der Waals surface area contributed by atoms with E-state index in [0.717, 1.165) is 37.7 Å². The van der Waals surface area contributed by atoms with Crippen LogP contribution in [0.1, 0.15) is 51.2 Å². The predicted molar refractivity (Wildman–Crippen MR) is 114 cm³/mol. The predicted octanol–water partition coefficient (Wildman–Crippen LogP) is 1.68. The molecule has 2 heterocycles. The Morgan fingerprint density at radius 1 is 1.10 bits per heavy atom. The molecule has 0 saturated carbocycles. The highest BCUT2D eigenvalue weighted by molar-refractivity contribution is 6.07. The highest BCUT2D eigenvalue weighted by atomic mass is 16.2. The summed E-state index contributed by atoms with van der Waals surface area (Å²) in [5.74, 6) is -0.236. The summed E-state index contributed by atoms with van der Waals surface area (Å²) in [5, 5.41) is 3.44. The average Bonchev–Trinajstić information content (AvgIpc) is 2.93.